The van der Waals surface area contributed by atoms with Crippen LogP contribution >= 0.6 is 24.0 Å². The summed E-state index contributed by atoms with van der Waals surface area (Å²) in [5, 5.41) is 6.02. The monoisotopic (exact) mass is 502 g/mol. The van der Waals surface area contributed by atoms with Gasteiger partial charge in [0.05, 0.1) is 13.1 Å². The van der Waals surface area contributed by atoms with E-state index >= 15 is 0 Å². The zero-order valence-electron chi connectivity index (χ0n) is 15.9. The summed E-state index contributed by atoms with van der Waals surface area (Å²) in [5.41, 5.74) is 1.31. The second kappa shape index (κ2) is 12.3. The minimum absolute atomic E-state index is 0. The van der Waals surface area contributed by atoms with Crippen LogP contribution < -0.4 is 10.6 Å². The van der Waals surface area contributed by atoms with Crippen LogP contribution in [0.25, 0.3) is 0 Å². The third-order valence-electron chi connectivity index (χ3n) is 3.86. The summed E-state index contributed by atoms with van der Waals surface area (Å²) in [6.45, 7) is 0.861. The molecule has 2 aromatic rings. The molecule has 0 unspecified atom stereocenters. The van der Waals surface area contributed by atoms with E-state index in [4.69, 9.17) is 0 Å². The van der Waals surface area contributed by atoms with Crippen LogP contribution in [-0.4, -0.2) is 44.0 Å². The maximum Gasteiger partial charge on any atom is 0.241 e. The van der Waals surface area contributed by atoms with Gasteiger partial charge in [-0.25, -0.2) is 13.8 Å². The van der Waals surface area contributed by atoms with Crippen molar-refractivity contribution in [2.75, 3.05) is 27.2 Å². The number of nitrogens with one attached hydrogen (secondary N) is 2. The van der Waals surface area contributed by atoms with Crippen LogP contribution in [0.4, 0.5) is 8.78 Å². The first-order valence-electron chi connectivity index (χ1n) is 8.66. The van der Waals surface area contributed by atoms with Crippen LogP contribution in [0.3, 0.4) is 0 Å². The number of amides is 1. The standard InChI is InChI=1S/C20H24F2N4O.HI/c1-26(2)19(27)14-25-20(24-13-15-6-4-3-5-7-15)23-11-10-16-12-17(21)8-9-18(16)22;/h3-9,12H,10-11,13-14H2,1-2H3,(H2,23,24,25);1H. The number of likely N-dealkylation sites (N-methyl/N-ethyl adjacent to an activating group) is 1. The fourth-order valence-electron chi connectivity index (χ4n) is 2.30. The molecule has 28 heavy (non-hydrogen) atoms. The minimum Gasteiger partial charge on any atom is -0.356 e. The van der Waals surface area contributed by atoms with Gasteiger partial charge in [0.15, 0.2) is 5.96 Å². The van der Waals surface area contributed by atoms with Crippen molar-refractivity contribution in [1.29, 1.82) is 0 Å². The van der Waals surface area contributed by atoms with Crippen molar-refractivity contribution >= 4 is 35.8 Å². The Hall–Kier alpha value is -2.23. The topological polar surface area (TPSA) is 56.7 Å². The molecule has 0 saturated heterocycles. The summed E-state index contributed by atoms with van der Waals surface area (Å²) in [4.78, 5) is 17.7. The molecule has 0 fully saturated rings. The highest BCUT2D eigenvalue weighted by Gasteiger charge is 2.07. The van der Waals surface area contributed by atoms with E-state index in [9.17, 15) is 13.6 Å². The minimum atomic E-state index is -0.473. The fourth-order valence-corrected chi connectivity index (χ4v) is 2.30. The van der Waals surface area contributed by atoms with Crippen LogP contribution in [0.15, 0.2) is 53.5 Å². The van der Waals surface area contributed by atoms with Crippen molar-refractivity contribution in [1.82, 2.24) is 15.5 Å². The molecule has 0 bridgehead atoms. The summed E-state index contributed by atoms with van der Waals surface area (Å²) in [5.74, 6) is -0.581. The van der Waals surface area contributed by atoms with Crippen molar-refractivity contribution in [3.63, 3.8) is 0 Å². The number of halogens is 3. The van der Waals surface area contributed by atoms with Crippen LogP contribution in [0.1, 0.15) is 11.1 Å². The molecule has 0 radical (unpaired) electrons. The highest BCUT2D eigenvalue weighted by molar-refractivity contribution is 14.0. The molecule has 0 saturated carbocycles. The Morgan fingerprint density at radius 3 is 2.46 bits per heavy atom. The molecule has 0 aliphatic rings. The number of carbonyl (C=O) groups is 1. The van der Waals surface area contributed by atoms with Gasteiger partial charge in [-0.1, -0.05) is 30.3 Å². The van der Waals surface area contributed by atoms with E-state index in [1.54, 1.807) is 14.1 Å². The Bertz CT molecular complexity index is 785. The molecule has 8 heteroatoms. The predicted octanol–water partition coefficient (Wildman–Crippen LogP) is 2.95. The SMILES string of the molecule is CN(C)C(=O)CNC(=NCc1ccccc1)NCCc1cc(F)ccc1F.I. The van der Waals surface area contributed by atoms with Gasteiger partial charge in [0, 0.05) is 20.6 Å². The smallest absolute Gasteiger partial charge is 0.241 e. The molecule has 2 rings (SSSR count). The van der Waals surface area contributed by atoms with E-state index in [1.807, 2.05) is 30.3 Å². The Morgan fingerprint density at radius 1 is 1.07 bits per heavy atom. The molecule has 152 valence electrons. The summed E-state index contributed by atoms with van der Waals surface area (Å²) < 4.78 is 27.0. The zero-order valence-corrected chi connectivity index (χ0v) is 18.2. The van der Waals surface area contributed by atoms with E-state index in [-0.39, 0.29) is 48.4 Å². The van der Waals surface area contributed by atoms with Gasteiger partial charge >= 0.3 is 0 Å². The fraction of sp³-hybridized carbons (Fsp3) is 0.300. The lowest BCUT2D eigenvalue weighted by molar-refractivity contribution is -0.127. The first-order valence-corrected chi connectivity index (χ1v) is 8.66. The lowest BCUT2D eigenvalue weighted by atomic mass is 10.1. The van der Waals surface area contributed by atoms with Crippen LogP contribution in [-0.2, 0) is 17.8 Å². The highest BCUT2D eigenvalue weighted by Crippen LogP contribution is 2.09. The highest BCUT2D eigenvalue weighted by atomic mass is 127. The average molecular weight is 502 g/mol. The number of guanidine groups is 1. The lowest BCUT2D eigenvalue weighted by Gasteiger charge is -2.15. The number of benzene rings is 2. The van der Waals surface area contributed by atoms with Gasteiger partial charge < -0.3 is 15.5 Å². The molecule has 5 nitrogen and oxygen atoms in total. The van der Waals surface area contributed by atoms with Crippen LogP contribution in [0.2, 0.25) is 0 Å². The van der Waals surface area contributed by atoms with Crippen molar-refractivity contribution in [2.24, 2.45) is 4.99 Å². The van der Waals surface area contributed by atoms with E-state index < -0.39 is 11.6 Å². The Kier molecular flexibility index (Phi) is 10.4. The largest absolute Gasteiger partial charge is 0.356 e. The summed E-state index contributed by atoms with van der Waals surface area (Å²) >= 11 is 0. The van der Waals surface area contributed by atoms with Gasteiger partial charge in [0.25, 0.3) is 0 Å². The third-order valence-corrected chi connectivity index (χ3v) is 3.86. The number of rotatable bonds is 7. The molecule has 2 N–H and O–H groups in total. The van der Waals surface area contributed by atoms with Crippen LogP contribution in [0, 0.1) is 11.6 Å². The summed E-state index contributed by atoms with van der Waals surface area (Å²) in [6.07, 6.45) is 0.289. The summed E-state index contributed by atoms with van der Waals surface area (Å²) in [6, 6.07) is 13.1. The quantitative estimate of drug-likeness (QED) is 0.348. The number of hydrogen-bond acceptors (Lipinski definition) is 2. The van der Waals surface area contributed by atoms with Gasteiger partial charge in [-0.3, -0.25) is 4.79 Å². The molecule has 0 aliphatic carbocycles. The lowest BCUT2D eigenvalue weighted by Crippen LogP contribution is -2.43. The first kappa shape index (κ1) is 23.8. The molecular weight excluding hydrogens is 477 g/mol. The Balaban J connectivity index is 0.00000392. The van der Waals surface area contributed by atoms with Crippen molar-refractivity contribution in [3.8, 4) is 0 Å². The number of hydrogen-bond donors (Lipinski definition) is 2. The molecule has 2 aromatic carbocycles. The molecule has 1 amide bonds. The number of aliphatic imine (C=N–C) groups is 1. The third kappa shape index (κ3) is 8.20. The Morgan fingerprint density at radius 2 is 1.79 bits per heavy atom. The normalized spacial score (nSPS) is 10.8. The van der Waals surface area contributed by atoms with Crippen LogP contribution in [0.5, 0.6) is 0 Å². The predicted molar refractivity (Wildman–Crippen MR) is 118 cm³/mol. The van der Waals surface area contributed by atoms with E-state index in [2.05, 4.69) is 15.6 Å². The van der Waals surface area contributed by atoms with E-state index in [0.29, 0.717) is 19.0 Å². The maximum absolute atomic E-state index is 13.7. The average Bonchev–Trinajstić information content (AvgIpc) is 2.66. The van der Waals surface area contributed by atoms with Gasteiger partial charge in [0.1, 0.15) is 11.6 Å². The molecular formula is C20H25F2IN4O. The second-order valence-corrected chi connectivity index (χ2v) is 6.20. The molecule has 0 aliphatic heterocycles. The molecule has 0 spiro atoms. The number of carbonyl (C=O) groups excluding carboxylic acids is 1. The van der Waals surface area contributed by atoms with Crippen molar-refractivity contribution in [2.45, 2.75) is 13.0 Å². The zero-order chi connectivity index (χ0) is 19.6. The first-order chi connectivity index (χ1) is 13.0. The van der Waals surface area contributed by atoms with E-state index in [1.165, 1.54) is 11.0 Å². The second-order valence-electron chi connectivity index (χ2n) is 6.20. The maximum atomic E-state index is 13.7. The van der Waals surface area contributed by atoms with Gasteiger partial charge in [-0.2, -0.15) is 0 Å². The van der Waals surface area contributed by atoms with E-state index in [0.717, 1.165) is 17.7 Å². The van der Waals surface area contributed by atoms with Gasteiger partial charge in [0.2, 0.25) is 5.91 Å². The number of nitrogens with zero attached hydrogens (tertiary/aromatic N) is 2. The van der Waals surface area contributed by atoms with Crippen molar-refractivity contribution in [3.05, 3.63) is 71.3 Å². The van der Waals surface area contributed by atoms with Gasteiger partial charge in [-0.15, -0.1) is 24.0 Å². The summed E-state index contributed by atoms with van der Waals surface area (Å²) in [7, 11) is 3.34. The molecule has 0 heterocycles. The molecule has 0 atom stereocenters. The Labute approximate surface area is 181 Å². The molecule has 0 aromatic heterocycles. The van der Waals surface area contributed by atoms with Gasteiger partial charge in [-0.05, 0) is 35.7 Å². The van der Waals surface area contributed by atoms with Crippen molar-refractivity contribution < 1.29 is 13.6 Å².